The number of aryl methyl sites for hydroxylation is 1. The van der Waals surface area contributed by atoms with Gasteiger partial charge in [0.15, 0.2) is 0 Å². The molecule has 1 aromatic carbocycles. The molecule has 0 aliphatic rings. The highest BCUT2D eigenvalue weighted by Gasteiger charge is 2.08. The van der Waals surface area contributed by atoms with E-state index in [1.807, 2.05) is 13.1 Å². The molecule has 0 bridgehead atoms. The standard InChI is InChI=1S/C16H23N3O/c1-3-12-5-4-6-14-13(10-19-16(12)14)7-8-18-15(20)9-11(2)17/h4-6,10-11,19H,3,7-9,17H2,1-2H3,(H,18,20). The fraction of sp³-hybridized carbons (Fsp3) is 0.438. The van der Waals surface area contributed by atoms with Crippen LogP contribution in [0.1, 0.15) is 31.4 Å². The van der Waals surface area contributed by atoms with E-state index in [4.69, 9.17) is 5.73 Å². The van der Waals surface area contributed by atoms with Crippen LogP contribution in [0.25, 0.3) is 10.9 Å². The Morgan fingerprint density at radius 1 is 1.40 bits per heavy atom. The first kappa shape index (κ1) is 14.6. The van der Waals surface area contributed by atoms with Crippen molar-refractivity contribution in [3.63, 3.8) is 0 Å². The summed E-state index contributed by atoms with van der Waals surface area (Å²) in [6, 6.07) is 6.28. The maximum absolute atomic E-state index is 11.5. The monoisotopic (exact) mass is 273 g/mol. The second-order valence-corrected chi connectivity index (χ2v) is 5.29. The van der Waals surface area contributed by atoms with Crippen molar-refractivity contribution in [2.75, 3.05) is 6.54 Å². The number of para-hydroxylation sites is 1. The van der Waals surface area contributed by atoms with E-state index in [1.165, 1.54) is 22.0 Å². The number of fused-ring (bicyclic) bond motifs is 1. The van der Waals surface area contributed by atoms with Crippen LogP contribution in [0.5, 0.6) is 0 Å². The lowest BCUT2D eigenvalue weighted by Crippen LogP contribution is -2.31. The number of nitrogens with two attached hydrogens (primary N) is 1. The predicted molar refractivity (Wildman–Crippen MR) is 82.7 cm³/mol. The highest BCUT2D eigenvalue weighted by atomic mass is 16.1. The van der Waals surface area contributed by atoms with E-state index in [0.717, 1.165) is 12.8 Å². The van der Waals surface area contributed by atoms with E-state index < -0.39 is 0 Å². The van der Waals surface area contributed by atoms with Gasteiger partial charge in [0.25, 0.3) is 0 Å². The van der Waals surface area contributed by atoms with Crippen LogP contribution in [0.4, 0.5) is 0 Å². The maximum atomic E-state index is 11.5. The van der Waals surface area contributed by atoms with E-state index in [-0.39, 0.29) is 11.9 Å². The van der Waals surface area contributed by atoms with Gasteiger partial charge in [-0.05, 0) is 30.9 Å². The minimum atomic E-state index is -0.0878. The fourth-order valence-corrected chi connectivity index (χ4v) is 2.48. The van der Waals surface area contributed by atoms with Gasteiger partial charge in [-0.25, -0.2) is 0 Å². The predicted octanol–water partition coefficient (Wildman–Crippen LogP) is 2.13. The summed E-state index contributed by atoms with van der Waals surface area (Å²) < 4.78 is 0. The molecule has 1 unspecified atom stereocenters. The summed E-state index contributed by atoms with van der Waals surface area (Å²) in [7, 11) is 0. The zero-order chi connectivity index (χ0) is 14.5. The highest BCUT2D eigenvalue weighted by molar-refractivity contribution is 5.86. The molecule has 0 saturated heterocycles. The van der Waals surface area contributed by atoms with Crippen LogP contribution in [-0.4, -0.2) is 23.5 Å². The van der Waals surface area contributed by atoms with Gasteiger partial charge in [-0.15, -0.1) is 0 Å². The van der Waals surface area contributed by atoms with Gasteiger partial charge in [-0.1, -0.05) is 25.1 Å². The third-order valence-electron chi connectivity index (χ3n) is 3.49. The van der Waals surface area contributed by atoms with Crippen LogP contribution in [0.2, 0.25) is 0 Å². The summed E-state index contributed by atoms with van der Waals surface area (Å²) >= 11 is 0. The largest absolute Gasteiger partial charge is 0.361 e. The molecule has 1 aromatic heterocycles. The topological polar surface area (TPSA) is 70.9 Å². The van der Waals surface area contributed by atoms with E-state index in [1.54, 1.807) is 0 Å². The van der Waals surface area contributed by atoms with Crippen molar-refractivity contribution >= 4 is 16.8 Å². The minimum absolute atomic E-state index is 0.0223. The first-order valence-corrected chi connectivity index (χ1v) is 7.22. The van der Waals surface area contributed by atoms with Gasteiger partial charge in [-0.3, -0.25) is 4.79 Å². The minimum Gasteiger partial charge on any atom is -0.361 e. The molecule has 0 aliphatic carbocycles. The molecular formula is C16H23N3O. The summed E-state index contributed by atoms with van der Waals surface area (Å²) in [5, 5.41) is 4.17. The van der Waals surface area contributed by atoms with E-state index in [9.17, 15) is 4.79 Å². The van der Waals surface area contributed by atoms with Crippen LogP contribution >= 0.6 is 0 Å². The third-order valence-corrected chi connectivity index (χ3v) is 3.49. The van der Waals surface area contributed by atoms with Crippen LogP contribution < -0.4 is 11.1 Å². The molecule has 4 nitrogen and oxygen atoms in total. The Labute approximate surface area is 119 Å². The fourth-order valence-electron chi connectivity index (χ4n) is 2.48. The first-order chi connectivity index (χ1) is 9.61. The number of rotatable bonds is 6. The number of hydrogen-bond acceptors (Lipinski definition) is 2. The SMILES string of the molecule is CCc1cccc2c(CCNC(=O)CC(C)N)c[nH]c12. The molecular weight excluding hydrogens is 250 g/mol. The number of carbonyl (C=O) groups excluding carboxylic acids is 1. The number of aromatic nitrogens is 1. The lowest BCUT2D eigenvalue weighted by Gasteiger charge is -2.07. The molecule has 1 amide bonds. The Bertz CT molecular complexity index is 586. The number of H-pyrrole nitrogens is 1. The molecule has 108 valence electrons. The summed E-state index contributed by atoms with van der Waals surface area (Å²) in [6.45, 7) is 4.64. The average Bonchev–Trinajstić information content (AvgIpc) is 2.81. The molecule has 1 atom stereocenters. The second-order valence-electron chi connectivity index (χ2n) is 5.29. The Kier molecular flexibility index (Phi) is 4.79. The molecule has 0 saturated carbocycles. The van der Waals surface area contributed by atoms with Gasteiger partial charge >= 0.3 is 0 Å². The summed E-state index contributed by atoms with van der Waals surface area (Å²) in [5.41, 5.74) is 9.39. The van der Waals surface area contributed by atoms with Crippen molar-refractivity contribution in [3.8, 4) is 0 Å². The van der Waals surface area contributed by atoms with Crippen LogP contribution in [0.15, 0.2) is 24.4 Å². The number of benzene rings is 1. The molecule has 20 heavy (non-hydrogen) atoms. The maximum Gasteiger partial charge on any atom is 0.221 e. The molecule has 4 N–H and O–H groups in total. The molecule has 2 rings (SSSR count). The third kappa shape index (κ3) is 3.39. The molecule has 2 aromatic rings. The van der Waals surface area contributed by atoms with Gasteiger partial charge in [0, 0.05) is 36.1 Å². The van der Waals surface area contributed by atoms with E-state index >= 15 is 0 Å². The van der Waals surface area contributed by atoms with Crippen molar-refractivity contribution in [1.82, 2.24) is 10.3 Å². The van der Waals surface area contributed by atoms with Crippen molar-refractivity contribution in [3.05, 3.63) is 35.5 Å². The normalized spacial score (nSPS) is 12.6. The molecule has 4 heteroatoms. The van der Waals surface area contributed by atoms with Crippen LogP contribution in [0.3, 0.4) is 0 Å². The van der Waals surface area contributed by atoms with E-state index in [0.29, 0.717) is 13.0 Å². The molecule has 0 radical (unpaired) electrons. The van der Waals surface area contributed by atoms with Gasteiger partial charge < -0.3 is 16.0 Å². The summed E-state index contributed by atoms with van der Waals surface area (Å²) in [6.07, 6.45) is 4.27. The number of aromatic amines is 1. The second kappa shape index (κ2) is 6.57. The lowest BCUT2D eigenvalue weighted by molar-refractivity contribution is -0.121. The van der Waals surface area contributed by atoms with Gasteiger partial charge in [0.2, 0.25) is 5.91 Å². The zero-order valence-electron chi connectivity index (χ0n) is 12.2. The number of hydrogen-bond donors (Lipinski definition) is 3. The van der Waals surface area contributed by atoms with Crippen molar-refractivity contribution in [1.29, 1.82) is 0 Å². The first-order valence-electron chi connectivity index (χ1n) is 7.22. The summed E-state index contributed by atoms with van der Waals surface area (Å²) in [4.78, 5) is 14.9. The Hall–Kier alpha value is -1.81. The Morgan fingerprint density at radius 2 is 2.20 bits per heavy atom. The zero-order valence-corrected chi connectivity index (χ0v) is 12.2. The Morgan fingerprint density at radius 3 is 2.90 bits per heavy atom. The number of amides is 1. The molecule has 0 fully saturated rings. The number of carbonyl (C=O) groups is 1. The van der Waals surface area contributed by atoms with Crippen molar-refractivity contribution in [2.45, 2.75) is 39.2 Å². The van der Waals surface area contributed by atoms with Crippen LogP contribution in [-0.2, 0) is 17.6 Å². The van der Waals surface area contributed by atoms with E-state index in [2.05, 4.69) is 35.4 Å². The average molecular weight is 273 g/mol. The number of nitrogens with one attached hydrogen (secondary N) is 2. The lowest BCUT2D eigenvalue weighted by atomic mass is 10.1. The summed E-state index contributed by atoms with van der Waals surface area (Å²) in [5.74, 6) is 0.0223. The van der Waals surface area contributed by atoms with Crippen molar-refractivity contribution in [2.24, 2.45) is 5.73 Å². The molecule has 0 spiro atoms. The Balaban J connectivity index is 1.99. The molecule has 0 aliphatic heterocycles. The highest BCUT2D eigenvalue weighted by Crippen LogP contribution is 2.22. The van der Waals surface area contributed by atoms with Crippen LogP contribution in [0, 0.1) is 0 Å². The molecule has 1 heterocycles. The van der Waals surface area contributed by atoms with Crippen molar-refractivity contribution < 1.29 is 4.79 Å². The van der Waals surface area contributed by atoms with Gasteiger partial charge in [-0.2, -0.15) is 0 Å². The smallest absolute Gasteiger partial charge is 0.221 e. The van der Waals surface area contributed by atoms with Gasteiger partial charge in [0.1, 0.15) is 0 Å². The van der Waals surface area contributed by atoms with Gasteiger partial charge in [0.05, 0.1) is 0 Å². The quantitative estimate of drug-likeness (QED) is 0.754.